The van der Waals surface area contributed by atoms with Gasteiger partial charge in [0, 0.05) is 19.0 Å². The molecule has 1 heterocycles. The van der Waals surface area contributed by atoms with E-state index in [-0.39, 0.29) is 11.7 Å². The maximum absolute atomic E-state index is 12.1. The third-order valence-corrected chi connectivity index (χ3v) is 5.04. The number of unbranched alkanes of at least 4 members (excludes halogenated alkanes) is 1. The van der Waals surface area contributed by atoms with Gasteiger partial charge in [-0.15, -0.1) is 11.6 Å². The monoisotopic (exact) mass is 282 g/mol. The number of nitrogens with one attached hydrogen (secondary N) is 1. The van der Waals surface area contributed by atoms with Crippen LogP contribution in [0, 0.1) is 0 Å². The van der Waals surface area contributed by atoms with Crippen LogP contribution < -0.4 is 5.32 Å². The molecule has 0 aromatic heterocycles. The zero-order chi connectivity index (χ0) is 12.9. The molecule has 5 nitrogen and oxygen atoms in total. The minimum Gasteiger partial charge on any atom is -0.353 e. The van der Waals surface area contributed by atoms with E-state index in [0.29, 0.717) is 38.2 Å². The molecule has 1 N–H and O–H groups in total. The van der Waals surface area contributed by atoms with E-state index in [0.717, 1.165) is 0 Å². The third-order valence-electron chi connectivity index (χ3n) is 2.81. The predicted octanol–water partition coefficient (Wildman–Crippen LogP) is 0.546. The van der Waals surface area contributed by atoms with Gasteiger partial charge in [-0.05, 0) is 19.3 Å². The van der Waals surface area contributed by atoms with Gasteiger partial charge in [0.15, 0.2) is 0 Å². The van der Waals surface area contributed by atoms with E-state index in [4.69, 9.17) is 11.6 Å². The number of carbonyl (C=O) groups excluding carboxylic acids is 1. The van der Waals surface area contributed by atoms with Crippen molar-refractivity contribution in [2.75, 3.05) is 24.7 Å². The van der Waals surface area contributed by atoms with E-state index in [9.17, 15) is 13.2 Å². The number of hydrogen-bond donors (Lipinski definition) is 1. The van der Waals surface area contributed by atoms with Crippen LogP contribution in [0.2, 0.25) is 0 Å². The zero-order valence-corrected chi connectivity index (χ0v) is 11.6. The van der Waals surface area contributed by atoms with Crippen LogP contribution in [0.1, 0.15) is 26.2 Å². The topological polar surface area (TPSA) is 66.5 Å². The van der Waals surface area contributed by atoms with Crippen molar-refractivity contribution >= 4 is 27.5 Å². The van der Waals surface area contributed by atoms with E-state index in [1.165, 1.54) is 4.31 Å². The van der Waals surface area contributed by atoms with Gasteiger partial charge in [-0.3, -0.25) is 4.79 Å². The first-order valence-electron chi connectivity index (χ1n) is 5.86. The van der Waals surface area contributed by atoms with E-state index in [1.807, 2.05) is 6.92 Å². The molecule has 0 aromatic rings. The van der Waals surface area contributed by atoms with Crippen molar-refractivity contribution in [3.05, 3.63) is 0 Å². The van der Waals surface area contributed by atoms with Crippen LogP contribution >= 0.6 is 11.6 Å². The fourth-order valence-electron chi connectivity index (χ4n) is 1.91. The lowest BCUT2D eigenvalue weighted by Crippen LogP contribution is -2.57. The molecule has 0 aromatic carbocycles. The van der Waals surface area contributed by atoms with Crippen molar-refractivity contribution in [1.82, 2.24) is 9.62 Å². The summed E-state index contributed by atoms with van der Waals surface area (Å²) in [6.07, 6.45) is 1.72. The van der Waals surface area contributed by atoms with Gasteiger partial charge in [-0.2, -0.15) is 4.31 Å². The second kappa shape index (κ2) is 6.56. The molecule has 1 saturated heterocycles. The fraction of sp³-hybridized carbons (Fsp3) is 0.900. The molecule has 100 valence electrons. The molecule has 17 heavy (non-hydrogen) atoms. The molecule has 1 aliphatic rings. The summed E-state index contributed by atoms with van der Waals surface area (Å²) in [5.74, 6) is 0.344. The molecule has 0 aliphatic carbocycles. The second-order valence-electron chi connectivity index (χ2n) is 4.04. The number of rotatable bonds is 6. The molecule has 7 heteroatoms. The van der Waals surface area contributed by atoms with Crippen LogP contribution in [0.25, 0.3) is 0 Å². The van der Waals surface area contributed by atoms with Gasteiger partial charge in [0.05, 0.1) is 5.75 Å². The second-order valence-corrected chi connectivity index (χ2v) is 6.46. The largest absolute Gasteiger partial charge is 0.353 e. The van der Waals surface area contributed by atoms with Crippen molar-refractivity contribution in [3.63, 3.8) is 0 Å². The summed E-state index contributed by atoms with van der Waals surface area (Å²) in [6.45, 7) is 2.58. The average molecular weight is 283 g/mol. The first-order chi connectivity index (χ1) is 8.03. The van der Waals surface area contributed by atoms with E-state index in [1.54, 1.807) is 0 Å². The molecule has 1 atom stereocenters. The summed E-state index contributed by atoms with van der Waals surface area (Å²) in [6, 6.07) is -0.551. The number of piperazine rings is 1. The molecule has 0 spiro atoms. The summed E-state index contributed by atoms with van der Waals surface area (Å²) in [5, 5.41) is 2.69. The Morgan fingerprint density at radius 1 is 1.47 bits per heavy atom. The smallest absolute Gasteiger partial charge is 0.238 e. The molecule has 0 bridgehead atoms. The summed E-state index contributed by atoms with van der Waals surface area (Å²) < 4.78 is 25.5. The summed E-state index contributed by atoms with van der Waals surface area (Å²) in [4.78, 5) is 11.6. The number of hydrogen-bond acceptors (Lipinski definition) is 3. The van der Waals surface area contributed by atoms with Gasteiger partial charge < -0.3 is 5.32 Å². The fourth-order valence-corrected chi connectivity index (χ4v) is 3.91. The number of halogens is 1. The lowest BCUT2D eigenvalue weighted by atomic mass is 10.2. The third kappa shape index (κ3) is 3.82. The van der Waals surface area contributed by atoms with E-state index < -0.39 is 16.1 Å². The highest BCUT2D eigenvalue weighted by molar-refractivity contribution is 7.89. The Bertz CT molecular complexity index is 359. The van der Waals surface area contributed by atoms with Gasteiger partial charge >= 0.3 is 0 Å². The average Bonchev–Trinajstić information content (AvgIpc) is 2.29. The molecule has 1 aliphatic heterocycles. The molecule has 1 unspecified atom stereocenters. The number of carbonyl (C=O) groups is 1. The van der Waals surface area contributed by atoms with E-state index in [2.05, 4.69) is 5.32 Å². The lowest BCUT2D eigenvalue weighted by Gasteiger charge is -2.33. The Balaban J connectivity index is 2.70. The first kappa shape index (κ1) is 14.7. The minimum atomic E-state index is -3.34. The molecule has 1 fully saturated rings. The summed E-state index contributed by atoms with van der Waals surface area (Å²) >= 11 is 5.52. The van der Waals surface area contributed by atoms with Crippen molar-refractivity contribution < 1.29 is 13.2 Å². The Kier molecular flexibility index (Phi) is 5.69. The summed E-state index contributed by atoms with van der Waals surface area (Å²) in [7, 11) is -3.34. The molecule has 1 amide bonds. The normalized spacial score (nSPS) is 22.5. The number of amides is 1. The quantitative estimate of drug-likeness (QED) is 0.571. The maximum Gasteiger partial charge on any atom is 0.238 e. The Labute approximate surface area is 108 Å². The van der Waals surface area contributed by atoms with Gasteiger partial charge in [-0.1, -0.05) is 6.92 Å². The van der Waals surface area contributed by atoms with Crippen LogP contribution in [0.15, 0.2) is 0 Å². The van der Waals surface area contributed by atoms with Crippen molar-refractivity contribution in [1.29, 1.82) is 0 Å². The van der Waals surface area contributed by atoms with Gasteiger partial charge in [0.2, 0.25) is 15.9 Å². The highest BCUT2D eigenvalue weighted by Gasteiger charge is 2.35. The van der Waals surface area contributed by atoms with Gasteiger partial charge in [-0.25, -0.2) is 8.42 Å². The van der Waals surface area contributed by atoms with Gasteiger partial charge in [0.1, 0.15) is 6.04 Å². The first-order valence-corrected chi connectivity index (χ1v) is 8.00. The highest BCUT2D eigenvalue weighted by Crippen LogP contribution is 2.15. The Morgan fingerprint density at radius 2 is 2.18 bits per heavy atom. The van der Waals surface area contributed by atoms with Crippen LogP contribution in [-0.2, 0) is 14.8 Å². The highest BCUT2D eigenvalue weighted by atomic mass is 35.5. The minimum absolute atomic E-state index is 0.0729. The standard InChI is InChI=1S/C10H19ClN2O3S/c1-2-9-10(14)12-6-7-13(9)17(15,16)8-4-3-5-11/h9H,2-8H2,1H3,(H,12,14). The number of nitrogens with zero attached hydrogens (tertiary/aromatic N) is 1. The molecular formula is C10H19ClN2O3S. The van der Waals surface area contributed by atoms with Crippen LogP contribution in [0.3, 0.4) is 0 Å². The van der Waals surface area contributed by atoms with Crippen molar-refractivity contribution in [2.24, 2.45) is 0 Å². The molecule has 1 rings (SSSR count). The van der Waals surface area contributed by atoms with Crippen LogP contribution in [0.4, 0.5) is 0 Å². The van der Waals surface area contributed by atoms with E-state index >= 15 is 0 Å². The molecule has 0 radical (unpaired) electrons. The lowest BCUT2D eigenvalue weighted by molar-refractivity contribution is -0.126. The van der Waals surface area contributed by atoms with Crippen LogP contribution in [0.5, 0.6) is 0 Å². The zero-order valence-electron chi connectivity index (χ0n) is 9.99. The molecule has 0 saturated carbocycles. The Hall–Kier alpha value is -0.330. The number of sulfonamides is 1. The predicted molar refractivity (Wildman–Crippen MR) is 67.5 cm³/mol. The van der Waals surface area contributed by atoms with Crippen LogP contribution in [-0.4, -0.2) is 49.4 Å². The maximum atomic E-state index is 12.1. The van der Waals surface area contributed by atoms with Crippen molar-refractivity contribution in [2.45, 2.75) is 32.2 Å². The van der Waals surface area contributed by atoms with Gasteiger partial charge in [0.25, 0.3) is 0 Å². The Morgan fingerprint density at radius 3 is 2.76 bits per heavy atom. The van der Waals surface area contributed by atoms with Crippen molar-refractivity contribution in [3.8, 4) is 0 Å². The SMILES string of the molecule is CCC1C(=O)NCCN1S(=O)(=O)CCCCCl. The molecular weight excluding hydrogens is 264 g/mol. The number of alkyl halides is 1. The summed E-state index contributed by atoms with van der Waals surface area (Å²) in [5.41, 5.74) is 0.